The van der Waals surface area contributed by atoms with Crippen LogP contribution in [0, 0.1) is 5.41 Å². The van der Waals surface area contributed by atoms with Crippen molar-refractivity contribution >= 4 is 5.97 Å². The SMILES string of the molecule is CCC1(C(=O)OC)CCC(C)=C(C)C1. The van der Waals surface area contributed by atoms with E-state index in [0.29, 0.717) is 0 Å². The second-order valence-corrected chi connectivity index (χ2v) is 4.36. The Balaban J connectivity index is 2.90. The molecule has 0 aromatic rings. The second-order valence-electron chi connectivity index (χ2n) is 4.36. The number of esters is 1. The molecule has 0 amide bonds. The van der Waals surface area contributed by atoms with E-state index >= 15 is 0 Å². The molecule has 14 heavy (non-hydrogen) atoms. The van der Waals surface area contributed by atoms with Gasteiger partial charge in [0.1, 0.15) is 0 Å². The summed E-state index contributed by atoms with van der Waals surface area (Å²) in [6.07, 6.45) is 3.74. The summed E-state index contributed by atoms with van der Waals surface area (Å²) in [5.41, 5.74) is 2.57. The molecule has 0 heterocycles. The lowest BCUT2D eigenvalue weighted by molar-refractivity contribution is -0.153. The third-order valence-electron chi connectivity index (χ3n) is 3.61. The van der Waals surface area contributed by atoms with Gasteiger partial charge in [0, 0.05) is 0 Å². The fraction of sp³-hybridized carbons (Fsp3) is 0.750. The van der Waals surface area contributed by atoms with Crippen LogP contribution in [-0.2, 0) is 9.53 Å². The number of carbonyl (C=O) groups excluding carboxylic acids is 1. The van der Waals surface area contributed by atoms with Crippen molar-refractivity contribution in [3.8, 4) is 0 Å². The molecule has 0 fully saturated rings. The maximum Gasteiger partial charge on any atom is 0.312 e. The smallest absolute Gasteiger partial charge is 0.312 e. The van der Waals surface area contributed by atoms with Crippen molar-refractivity contribution in [1.29, 1.82) is 0 Å². The predicted octanol–water partition coefficient (Wildman–Crippen LogP) is 3.08. The molecule has 80 valence electrons. The van der Waals surface area contributed by atoms with Crippen LogP contribution in [0.4, 0.5) is 0 Å². The van der Waals surface area contributed by atoms with Crippen LogP contribution in [-0.4, -0.2) is 13.1 Å². The zero-order valence-electron chi connectivity index (χ0n) is 9.64. The first-order chi connectivity index (χ1) is 6.55. The highest BCUT2D eigenvalue weighted by Gasteiger charge is 2.39. The molecule has 0 aliphatic heterocycles. The van der Waals surface area contributed by atoms with E-state index in [0.717, 1.165) is 25.7 Å². The van der Waals surface area contributed by atoms with Crippen LogP contribution in [0.15, 0.2) is 11.1 Å². The summed E-state index contributed by atoms with van der Waals surface area (Å²) < 4.78 is 4.91. The van der Waals surface area contributed by atoms with Gasteiger partial charge in [0.25, 0.3) is 0 Å². The normalized spacial score (nSPS) is 27.7. The van der Waals surface area contributed by atoms with Crippen LogP contribution in [0.1, 0.15) is 46.5 Å². The van der Waals surface area contributed by atoms with E-state index in [2.05, 4.69) is 20.8 Å². The molecule has 0 saturated carbocycles. The Bertz CT molecular complexity index is 265. The summed E-state index contributed by atoms with van der Waals surface area (Å²) in [4.78, 5) is 11.7. The summed E-state index contributed by atoms with van der Waals surface area (Å²) in [5.74, 6) is -0.0353. The number of carbonyl (C=O) groups is 1. The maximum absolute atomic E-state index is 11.7. The molecule has 0 aromatic carbocycles. The highest BCUT2D eigenvalue weighted by molar-refractivity contribution is 5.77. The minimum Gasteiger partial charge on any atom is -0.469 e. The molecular weight excluding hydrogens is 176 g/mol. The highest BCUT2D eigenvalue weighted by atomic mass is 16.5. The summed E-state index contributed by atoms with van der Waals surface area (Å²) in [5, 5.41) is 0. The Kier molecular flexibility index (Phi) is 3.35. The van der Waals surface area contributed by atoms with Crippen molar-refractivity contribution in [3.05, 3.63) is 11.1 Å². The fourth-order valence-corrected chi connectivity index (χ4v) is 2.22. The lowest BCUT2D eigenvalue weighted by atomic mass is 9.70. The van der Waals surface area contributed by atoms with Crippen molar-refractivity contribution in [2.24, 2.45) is 5.41 Å². The molecule has 0 radical (unpaired) electrons. The first kappa shape index (κ1) is 11.3. The molecule has 1 aliphatic rings. The van der Waals surface area contributed by atoms with Gasteiger partial charge in [-0.2, -0.15) is 0 Å². The van der Waals surface area contributed by atoms with Gasteiger partial charge in [0.2, 0.25) is 0 Å². The molecule has 1 rings (SSSR count). The molecule has 0 spiro atoms. The van der Waals surface area contributed by atoms with Gasteiger partial charge in [-0.05, 0) is 39.5 Å². The average Bonchev–Trinajstić information content (AvgIpc) is 2.21. The maximum atomic E-state index is 11.7. The van der Waals surface area contributed by atoms with E-state index in [1.807, 2.05) is 0 Å². The van der Waals surface area contributed by atoms with Gasteiger partial charge in [0.05, 0.1) is 12.5 Å². The minimum absolute atomic E-state index is 0.0353. The first-order valence-electron chi connectivity index (χ1n) is 5.29. The highest BCUT2D eigenvalue weighted by Crippen LogP contribution is 2.42. The van der Waals surface area contributed by atoms with Crippen LogP contribution in [0.2, 0.25) is 0 Å². The summed E-state index contributed by atoms with van der Waals surface area (Å²) in [6.45, 7) is 6.36. The van der Waals surface area contributed by atoms with Crippen molar-refractivity contribution in [3.63, 3.8) is 0 Å². The van der Waals surface area contributed by atoms with E-state index < -0.39 is 0 Å². The lowest BCUT2D eigenvalue weighted by Crippen LogP contribution is -2.34. The molecule has 1 atom stereocenters. The Hall–Kier alpha value is -0.790. The molecule has 0 bridgehead atoms. The Morgan fingerprint density at radius 3 is 2.50 bits per heavy atom. The van der Waals surface area contributed by atoms with Crippen molar-refractivity contribution < 1.29 is 9.53 Å². The zero-order valence-corrected chi connectivity index (χ0v) is 9.64. The number of methoxy groups -OCH3 is 1. The molecule has 2 nitrogen and oxygen atoms in total. The van der Waals surface area contributed by atoms with Gasteiger partial charge in [-0.25, -0.2) is 0 Å². The average molecular weight is 196 g/mol. The third-order valence-corrected chi connectivity index (χ3v) is 3.61. The van der Waals surface area contributed by atoms with E-state index in [1.165, 1.54) is 18.3 Å². The van der Waals surface area contributed by atoms with Crippen LogP contribution < -0.4 is 0 Å². The summed E-state index contributed by atoms with van der Waals surface area (Å²) in [6, 6.07) is 0. The summed E-state index contributed by atoms with van der Waals surface area (Å²) >= 11 is 0. The standard InChI is InChI=1S/C12H20O2/c1-5-12(11(13)14-4)7-6-9(2)10(3)8-12/h5-8H2,1-4H3. The van der Waals surface area contributed by atoms with Crippen molar-refractivity contribution in [1.82, 2.24) is 0 Å². The topological polar surface area (TPSA) is 26.3 Å². The molecule has 1 unspecified atom stereocenters. The zero-order chi connectivity index (χ0) is 10.8. The molecule has 0 saturated heterocycles. The molecule has 0 aromatic heterocycles. The van der Waals surface area contributed by atoms with E-state index in [1.54, 1.807) is 0 Å². The Labute approximate surface area is 86.3 Å². The minimum atomic E-state index is -0.238. The van der Waals surface area contributed by atoms with Gasteiger partial charge in [0.15, 0.2) is 0 Å². The second kappa shape index (κ2) is 4.16. The molecule has 1 aliphatic carbocycles. The number of allylic oxidation sites excluding steroid dienone is 2. The number of rotatable bonds is 2. The van der Waals surface area contributed by atoms with Crippen LogP contribution >= 0.6 is 0 Å². The Morgan fingerprint density at radius 2 is 2.07 bits per heavy atom. The number of hydrogen-bond acceptors (Lipinski definition) is 2. The fourth-order valence-electron chi connectivity index (χ4n) is 2.22. The van der Waals surface area contributed by atoms with E-state index in [9.17, 15) is 4.79 Å². The quantitative estimate of drug-likeness (QED) is 0.501. The lowest BCUT2D eigenvalue weighted by Gasteiger charge is -2.34. The van der Waals surface area contributed by atoms with Crippen LogP contribution in [0.5, 0.6) is 0 Å². The number of hydrogen-bond donors (Lipinski definition) is 0. The Morgan fingerprint density at radius 1 is 1.43 bits per heavy atom. The predicted molar refractivity (Wildman–Crippen MR) is 57.0 cm³/mol. The largest absolute Gasteiger partial charge is 0.469 e. The molecule has 0 N–H and O–H groups in total. The van der Waals surface area contributed by atoms with Crippen LogP contribution in [0.3, 0.4) is 0 Å². The van der Waals surface area contributed by atoms with Gasteiger partial charge >= 0.3 is 5.97 Å². The molecular formula is C12H20O2. The first-order valence-corrected chi connectivity index (χ1v) is 5.29. The van der Waals surface area contributed by atoms with E-state index in [4.69, 9.17) is 4.74 Å². The van der Waals surface area contributed by atoms with Gasteiger partial charge in [-0.3, -0.25) is 4.79 Å². The van der Waals surface area contributed by atoms with Gasteiger partial charge in [-0.1, -0.05) is 18.1 Å². The van der Waals surface area contributed by atoms with Crippen molar-refractivity contribution in [2.75, 3.05) is 7.11 Å². The van der Waals surface area contributed by atoms with Crippen molar-refractivity contribution in [2.45, 2.75) is 46.5 Å². The number of ether oxygens (including phenoxy) is 1. The van der Waals surface area contributed by atoms with Gasteiger partial charge in [-0.15, -0.1) is 0 Å². The molecule has 2 heteroatoms. The van der Waals surface area contributed by atoms with Gasteiger partial charge < -0.3 is 4.74 Å². The third kappa shape index (κ3) is 1.84. The van der Waals surface area contributed by atoms with Crippen LogP contribution in [0.25, 0.3) is 0 Å². The monoisotopic (exact) mass is 196 g/mol. The summed E-state index contributed by atoms with van der Waals surface area (Å²) in [7, 11) is 1.49. The van der Waals surface area contributed by atoms with E-state index in [-0.39, 0.29) is 11.4 Å².